The van der Waals surface area contributed by atoms with Gasteiger partial charge in [-0.25, -0.2) is 0 Å². The van der Waals surface area contributed by atoms with E-state index in [1.165, 1.54) is 22.5 Å². The second kappa shape index (κ2) is 8.10. The maximum absolute atomic E-state index is 12.4. The van der Waals surface area contributed by atoms with Crippen molar-refractivity contribution >= 4 is 46.5 Å². The highest BCUT2D eigenvalue weighted by atomic mass is 35.5. The molecule has 0 aliphatic carbocycles. The second-order valence-electron chi connectivity index (χ2n) is 5.44. The molecule has 0 fully saturated rings. The molecule has 2 N–H and O–H groups in total. The highest BCUT2D eigenvalue weighted by Gasteiger charge is 2.24. The van der Waals surface area contributed by atoms with Crippen molar-refractivity contribution in [3.63, 3.8) is 0 Å². The molecule has 1 aromatic heterocycles. The molecule has 1 aromatic carbocycles. The summed E-state index contributed by atoms with van der Waals surface area (Å²) in [5, 5.41) is 15.3. The van der Waals surface area contributed by atoms with Crippen LogP contribution >= 0.6 is 35.5 Å². The quantitative estimate of drug-likeness (QED) is 0.639. The average Bonchev–Trinajstić information content (AvgIpc) is 2.93. The first-order chi connectivity index (χ1) is 10.6. The first-order valence-corrected chi connectivity index (χ1v) is 8.92. The van der Waals surface area contributed by atoms with Crippen LogP contribution in [0.4, 0.5) is 5.13 Å². The first kappa shape index (κ1) is 18.2. The number of hydrogen-bond donors (Lipinski definition) is 2. The molecule has 1 amide bonds. The maximum atomic E-state index is 12.4. The van der Waals surface area contributed by atoms with E-state index in [2.05, 4.69) is 46.8 Å². The van der Waals surface area contributed by atoms with Crippen LogP contribution in [0.15, 0.2) is 28.6 Å². The molecular formula is C15H19ClN4OS2. The summed E-state index contributed by atoms with van der Waals surface area (Å²) < 4.78 is 0.882. The number of carbonyl (C=O) groups is 1. The van der Waals surface area contributed by atoms with Crippen molar-refractivity contribution in [1.29, 1.82) is 0 Å². The third-order valence-corrected chi connectivity index (χ3v) is 5.30. The van der Waals surface area contributed by atoms with E-state index < -0.39 is 0 Å². The summed E-state index contributed by atoms with van der Waals surface area (Å²) >= 11 is 3.07. The smallest absolute Gasteiger partial charge is 0.243 e. The molecule has 2 heterocycles. The molecule has 124 valence electrons. The van der Waals surface area contributed by atoms with Crippen molar-refractivity contribution in [2.75, 3.05) is 5.32 Å². The number of aromatic nitrogens is 2. The largest absolute Gasteiger partial charge is 0.301 e. The molecule has 0 radical (unpaired) electrons. The van der Waals surface area contributed by atoms with Gasteiger partial charge in [0.25, 0.3) is 0 Å². The number of fused-ring (bicyclic) bond motifs is 1. The minimum atomic E-state index is -0.222. The Morgan fingerprint density at radius 1 is 1.35 bits per heavy atom. The van der Waals surface area contributed by atoms with Gasteiger partial charge < -0.3 is 5.32 Å². The maximum Gasteiger partial charge on any atom is 0.243 e. The predicted molar refractivity (Wildman–Crippen MR) is 97.6 cm³/mol. The number of anilines is 1. The molecule has 23 heavy (non-hydrogen) atoms. The van der Waals surface area contributed by atoms with Gasteiger partial charge in [-0.15, -0.1) is 22.6 Å². The molecule has 0 bridgehead atoms. The number of thioether (sulfide) groups is 1. The lowest BCUT2D eigenvalue weighted by molar-refractivity contribution is -0.118. The number of halogens is 1. The average molecular weight is 371 g/mol. The molecule has 0 saturated carbocycles. The lowest BCUT2D eigenvalue weighted by Crippen LogP contribution is -2.44. The van der Waals surface area contributed by atoms with Gasteiger partial charge in [0.2, 0.25) is 11.0 Å². The van der Waals surface area contributed by atoms with Crippen LogP contribution in [0.5, 0.6) is 0 Å². The van der Waals surface area contributed by atoms with E-state index >= 15 is 0 Å². The molecule has 2 aromatic rings. The number of nitrogens with zero attached hydrogens (tertiary/aromatic N) is 2. The van der Waals surface area contributed by atoms with E-state index in [1.54, 1.807) is 11.8 Å². The zero-order valence-electron chi connectivity index (χ0n) is 12.9. The summed E-state index contributed by atoms with van der Waals surface area (Å²) in [6.07, 6.45) is 0.703. The normalized spacial score (nSPS) is 16.6. The molecule has 3 rings (SSSR count). The van der Waals surface area contributed by atoms with E-state index in [4.69, 9.17) is 0 Å². The molecule has 0 spiro atoms. The summed E-state index contributed by atoms with van der Waals surface area (Å²) in [5.74, 6) is -0.0493. The first-order valence-electron chi connectivity index (χ1n) is 7.23. The van der Waals surface area contributed by atoms with E-state index in [-0.39, 0.29) is 24.4 Å². The number of rotatable bonds is 4. The van der Waals surface area contributed by atoms with Gasteiger partial charge in [-0.3, -0.25) is 10.1 Å². The third kappa shape index (κ3) is 4.67. The molecule has 1 aliphatic heterocycles. The standard InChI is InChI=1S/C15H18N4OS2.ClH/c1-9(2)21-15-19-18-14(22-15)17-13(20)12-7-10-5-3-4-6-11(10)8-16-12;/h3-6,9,12,16H,7-8H2,1-2H3,(H,17,18,20);1H/t12-;/m1./s1. The number of amides is 1. The van der Waals surface area contributed by atoms with Gasteiger partial charge in [-0.2, -0.15) is 0 Å². The van der Waals surface area contributed by atoms with Gasteiger partial charge in [0.05, 0.1) is 6.04 Å². The Hall–Kier alpha value is -1.15. The minimum absolute atomic E-state index is 0. The van der Waals surface area contributed by atoms with E-state index in [0.717, 1.165) is 10.9 Å². The van der Waals surface area contributed by atoms with Crippen LogP contribution in [0.1, 0.15) is 25.0 Å². The van der Waals surface area contributed by atoms with Crippen LogP contribution in [0, 0.1) is 0 Å². The Morgan fingerprint density at radius 3 is 2.83 bits per heavy atom. The SMILES string of the molecule is CC(C)Sc1nnc(NC(=O)[C@H]2Cc3ccccc3CN2)s1.Cl. The number of carbonyl (C=O) groups excluding carboxylic acids is 1. The van der Waals surface area contributed by atoms with Gasteiger partial charge in [0.1, 0.15) is 0 Å². The lowest BCUT2D eigenvalue weighted by atomic mass is 9.95. The zero-order chi connectivity index (χ0) is 15.5. The lowest BCUT2D eigenvalue weighted by Gasteiger charge is -2.24. The van der Waals surface area contributed by atoms with Crippen LogP contribution in [0.3, 0.4) is 0 Å². The fraction of sp³-hybridized carbons (Fsp3) is 0.400. The monoisotopic (exact) mass is 370 g/mol. The molecule has 0 saturated heterocycles. The predicted octanol–water partition coefficient (Wildman–Crippen LogP) is 3.11. The van der Waals surface area contributed by atoms with Crippen molar-refractivity contribution < 1.29 is 4.79 Å². The number of benzene rings is 1. The van der Waals surface area contributed by atoms with Crippen molar-refractivity contribution in [2.24, 2.45) is 0 Å². The Morgan fingerprint density at radius 2 is 2.09 bits per heavy atom. The molecule has 1 atom stereocenters. The van der Waals surface area contributed by atoms with Crippen molar-refractivity contribution in [2.45, 2.75) is 42.4 Å². The Bertz CT molecular complexity index is 677. The zero-order valence-corrected chi connectivity index (χ0v) is 15.4. The van der Waals surface area contributed by atoms with Crippen molar-refractivity contribution in [3.8, 4) is 0 Å². The number of hydrogen-bond acceptors (Lipinski definition) is 6. The fourth-order valence-corrected chi connectivity index (χ4v) is 4.32. The third-order valence-electron chi connectivity index (χ3n) is 3.37. The van der Waals surface area contributed by atoms with Crippen LogP contribution < -0.4 is 10.6 Å². The molecule has 1 aliphatic rings. The van der Waals surface area contributed by atoms with Crippen molar-refractivity contribution in [1.82, 2.24) is 15.5 Å². The van der Waals surface area contributed by atoms with Gasteiger partial charge in [-0.05, 0) is 17.5 Å². The Kier molecular flexibility index (Phi) is 6.41. The van der Waals surface area contributed by atoms with E-state index in [9.17, 15) is 4.79 Å². The summed E-state index contributed by atoms with van der Waals surface area (Å²) in [6, 6.07) is 7.99. The Balaban J connectivity index is 0.00000192. The van der Waals surface area contributed by atoms with Gasteiger partial charge in [0.15, 0.2) is 4.34 Å². The molecule has 0 unspecified atom stereocenters. The van der Waals surface area contributed by atoms with E-state index in [0.29, 0.717) is 16.8 Å². The van der Waals surface area contributed by atoms with Crippen LogP contribution in [-0.2, 0) is 17.8 Å². The van der Waals surface area contributed by atoms with E-state index in [1.807, 2.05) is 12.1 Å². The van der Waals surface area contributed by atoms with Gasteiger partial charge in [0, 0.05) is 11.8 Å². The summed E-state index contributed by atoms with van der Waals surface area (Å²) in [6.45, 7) is 4.93. The minimum Gasteiger partial charge on any atom is -0.301 e. The fourth-order valence-electron chi connectivity index (χ4n) is 2.34. The highest BCUT2D eigenvalue weighted by Crippen LogP contribution is 2.28. The highest BCUT2D eigenvalue weighted by molar-refractivity contribution is 8.01. The summed E-state index contributed by atoms with van der Waals surface area (Å²) in [5.41, 5.74) is 2.49. The molecule has 8 heteroatoms. The summed E-state index contributed by atoms with van der Waals surface area (Å²) in [4.78, 5) is 12.4. The van der Waals surface area contributed by atoms with Crippen LogP contribution in [0.25, 0.3) is 0 Å². The van der Waals surface area contributed by atoms with Crippen LogP contribution in [-0.4, -0.2) is 27.4 Å². The second-order valence-corrected chi connectivity index (χ2v) is 8.24. The molecular weight excluding hydrogens is 352 g/mol. The van der Waals surface area contributed by atoms with Crippen molar-refractivity contribution in [3.05, 3.63) is 35.4 Å². The summed E-state index contributed by atoms with van der Waals surface area (Å²) in [7, 11) is 0. The number of nitrogens with one attached hydrogen (secondary N) is 2. The van der Waals surface area contributed by atoms with Gasteiger partial charge in [-0.1, -0.05) is 61.2 Å². The van der Waals surface area contributed by atoms with Crippen LogP contribution in [0.2, 0.25) is 0 Å². The van der Waals surface area contributed by atoms with Gasteiger partial charge >= 0.3 is 0 Å². The topological polar surface area (TPSA) is 66.9 Å². The Labute approximate surface area is 150 Å². The molecule has 5 nitrogen and oxygen atoms in total.